The first-order valence-corrected chi connectivity index (χ1v) is 7.28. The van der Waals surface area contributed by atoms with Crippen LogP contribution in [-0.2, 0) is 26.3 Å². The minimum Gasteiger partial charge on any atom is -0.397 e. The van der Waals surface area contributed by atoms with Gasteiger partial charge >= 0.3 is 0 Å². The zero-order valence-electron chi connectivity index (χ0n) is 12.9. The van der Waals surface area contributed by atoms with Gasteiger partial charge in [0.05, 0.1) is 11.3 Å². The Morgan fingerprint density at radius 1 is 1.33 bits per heavy atom. The Labute approximate surface area is 126 Å². The van der Waals surface area contributed by atoms with Crippen LogP contribution in [0.3, 0.4) is 0 Å². The molecule has 0 amide bonds. The Balaban J connectivity index is 2.25. The lowest BCUT2D eigenvalue weighted by Gasteiger charge is -2.12. The molecule has 0 spiro atoms. The third-order valence-corrected chi connectivity index (χ3v) is 3.63. The van der Waals surface area contributed by atoms with Gasteiger partial charge in [0.25, 0.3) is 0 Å². The van der Waals surface area contributed by atoms with Gasteiger partial charge in [0.2, 0.25) is 0 Å². The molecule has 1 heterocycles. The number of anilines is 1. The number of benzene rings is 1. The molecule has 110 valence electrons. The maximum absolute atomic E-state index is 9.25. The summed E-state index contributed by atoms with van der Waals surface area (Å²) in [6, 6.07) is 6.26. The van der Waals surface area contributed by atoms with Crippen LogP contribution in [-0.4, -0.2) is 9.55 Å². The van der Waals surface area contributed by atoms with E-state index in [1.807, 2.05) is 23.9 Å². The van der Waals surface area contributed by atoms with E-state index in [-0.39, 0.29) is 0 Å². The van der Waals surface area contributed by atoms with Crippen molar-refractivity contribution in [1.29, 1.82) is 5.26 Å². The second-order valence-electron chi connectivity index (χ2n) is 5.88. The molecule has 4 nitrogen and oxygen atoms in total. The average Bonchev–Trinajstić information content (AvgIpc) is 2.84. The van der Waals surface area contributed by atoms with E-state index in [1.165, 1.54) is 5.56 Å². The molecular weight excluding hydrogens is 260 g/mol. The van der Waals surface area contributed by atoms with E-state index in [4.69, 9.17) is 5.73 Å². The lowest BCUT2D eigenvalue weighted by Crippen LogP contribution is -2.05. The van der Waals surface area contributed by atoms with Crippen LogP contribution in [0.4, 0.5) is 5.69 Å². The number of imidazole rings is 1. The van der Waals surface area contributed by atoms with Gasteiger partial charge in [-0.05, 0) is 36.0 Å². The molecule has 2 aromatic rings. The number of nitrogen functional groups attached to an aromatic ring is 1. The van der Waals surface area contributed by atoms with E-state index in [9.17, 15) is 5.26 Å². The molecule has 1 aromatic heterocycles. The van der Waals surface area contributed by atoms with Crippen LogP contribution >= 0.6 is 0 Å². The van der Waals surface area contributed by atoms with E-state index < -0.39 is 0 Å². The summed E-state index contributed by atoms with van der Waals surface area (Å²) in [5.74, 6) is 1.59. The molecule has 2 rings (SSSR count). The van der Waals surface area contributed by atoms with Crippen LogP contribution in [0.25, 0.3) is 0 Å². The number of rotatable bonds is 5. The molecule has 2 N–H and O–H groups in total. The maximum atomic E-state index is 9.25. The smallest absolute Gasteiger partial charge is 0.108 e. The van der Waals surface area contributed by atoms with Gasteiger partial charge in [0, 0.05) is 25.9 Å². The third-order valence-electron chi connectivity index (χ3n) is 3.63. The summed E-state index contributed by atoms with van der Waals surface area (Å²) in [5.41, 5.74) is 9.55. The first-order valence-electron chi connectivity index (χ1n) is 7.28. The summed E-state index contributed by atoms with van der Waals surface area (Å²) < 4.78 is 2.01. The van der Waals surface area contributed by atoms with Gasteiger partial charge in [-0.25, -0.2) is 4.98 Å². The van der Waals surface area contributed by atoms with Crippen molar-refractivity contribution >= 4 is 5.69 Å². The normalized spacial score (nSPS) is 10.8. The highest BCUT2D eigenvalue weighted by Gasteiger charge is 2.10. The standard InChI is InChI=1S/C17H22N4/c1-12(2)8-13-9-14(17(19)15(10-13)11-18)4-5-16-20-6-7-21(16)3/h6-7,9-10,12H,4-5,8,19H2,1-3H3. The number of nitriles is 1. The molecule has 0 aliphatic carbocycles. The molecule has 1 aromatic carbocycles. The summed E-state index contributed by atoms with van der Waals surface area (Å²) in [5, 5.41) is 9.25. The number of aromatic nitrogens is 2. The quantitative estimate of drug-likeness (QED) is 0.857. The van der Waals surface area contributed by atoms with Crippen LogP contribution in [0.2, 0.25) is 0 Å². The molecule has 21 heavy (non-hydrogen) atoms. The second kappa shape index (κ2) is 6.45. The van der Waals surface area contributed by atoms with Gasteiger partial charge in [-0.3, -0.25) is 0 Å². The van der Waals surface area contributed by atoms with E-state index in [0.717, 1.165) is 30.7 Å². The molecule has 0 unspecified atom stereocenters. The summed E-state index contributed by atoms with van der Waals surface area (Å²) in [4.78, 5) is 4.33. The lowest BCUT2D eigenvalue weighted by atomic mass is 9.95. The van der Waals surface area contributed by atoms with Crippen LogP contribution in [0.1, 0.15) is 36.4 Å². The topological polar surface area (TPSA) is 67.6 Å². The van der Waals surface area contributed by atoms with E-state index in [0.29, 0.717) is 17.2 Å². The van der Waals surface area contributed by atoms with Crippen molar-refractivity contribution in [3.05, 3.63) is 47.0 Å². The molecule has 0 saturated heterocycles. The number of nitrogens with two attached hydrogens (primary N) is 1. The molecule has 0 aliphatic rings. The Hall–Kier alpha value is -2.28. The molecule has 0 bridgehead atoms. The van der Waals surface area contributed by atoms with Gasteiger partial charge in [-0.1, -0.05) is 19.9 Å². The van der Waals surface area contributed by atoms with Gasteiger partial charge in [-0.2, -0.15) is 5.26 Å². The Bertz CT molecular complexity index is 662. The van der Waals surface area contributed by atoms with Crippen LogP contribution in [0.5, 0.6) is 0 Å². The maximum Gasteiger partial charge on any atom is 0.108 e. The monoisotopic (exact) mass is 282 g/mol. The summed E-state index contributed by atoms with van der Waals surface area (Å²) in [6.07, 6.45) is 6.33. The fourth-order valence-electron chi connectivity index (χ4n) is 2.55. The fraction of sp³-hybridized carbons (Fsp3) is 0.412. The van der Waals surface area contributed by atoms with Crippen molar-refractivity contribution in [3.63, 3.8) is 0 Å². The largest absolute Gasteiger partial charge is 0.397 e. The third kappa shape index (κ3) is 3.63. The first-order chi connectivity index (χ1) is 10.0. The van der Waals surface area contributed by atoms with Gasteiger partial charge in [0.1, 0.15) is 11.9 Å². The summed E-state index contributed by atoms with van der Waals surface area (Å²) in [6.45, 7) is 4.35. The van der Waals surface area contributed by atoms with Crippen molar-refractivity contribution in [2.24, 2.45) is 13.0 Å². The molecule has 0 saturated carbocycles. The van der Waals surface area contributed by atoms with Crippen molar-refractivity contribution in [2.45, 2.75) is 33.1 Å². The second-order valence-corrected chi connectivity index (χ2v) is 5.88. The highest BCUT2D eigenvalue weighted by atomic mass is 15.0. The average molecular weight is 282 g/mol. The Kier molecular flexibility index (Phi) is 4.64. The van der Waals surface area contributed by atoms with Gasteiger partial charge < -0.3 is 10.3 Å². The minimum absolute atomic E-state index is 0.558. The first kappa shape index (κ1) is 15.1. The van der Waals surface area contributed by atoms with Crippen LogP contribution in [0.15, 0.2) is 24.5 Å². The summed E-state index contributed by atoms with van der Waals surface area (Å²) >= 11 is 0. The fourth-order valence-corrected chi connectivity index (χ4v) is 2.55. The molecule has 0 fully saturated rings. The number of aryl methyl sites for hydroxylation is 3. The molecule has 0 radical (unpaired) electrons. The SMILES string of the molecule is CC(C)Cc1cc(C#N)c(N)c(CCc2nccn2C)c1. The highest BCUT2D eigenvalue weighted by Crippen LogP contribution is 2.23. The van der Waals surface area contributed by atoms with Crippen molar-refractivity contribution in [2.75, 3.05) is 5.73 Å². The number of hydrogen-bond acceptors (Lipinski definition) is 3. The number of nitrogens with zero attached hydrogens (tertiary/aromatic N) is 3. The zero-order valence-corrected chi connectivity index (χ0v) is 12.9. The highest BCUT2D eigenvalue weighted by molar-refractivity contribution is 5.61. The summed E-state index contributed by atoms with van der Waals surface area (Å²) in [7, 11) is 1.99. The van der Waals surface area contributed by atoms with E-state index in [1.54, 1.807) is 6.20 Å². The van der Waals surface area contributed by atoms with Crippen LogP contribution in [0, 0.1) is 17.2 Å². The van der Waals surface area contributed by atoms with E-state index in [2.05, 4.69) is 31.0 Å². The zero-order chi connectivity index (χ0) is 15.4. The molecule has 4 heteroatoms. The molecule has 0 atom stereocenters. The van der Waals surface area contributed by atoms with Crippen LogP contribution < -0.4 is 5.73 Å². The predicted molar refractivity (Wildman–Crippen MR) is 84.7 cm³/mol. The van der Waals surface area contributed by atoms with Gasteiger partial charge in [0.15, 0.2) is 0 Å². The van der Waals surface area contributed by atoms with E-state index >= 15 is 0 Å². The van der Waals surface area contributed by atoms with Crippen molar-refractivity contribution in [1.82, 2.24) is 9.55 Å². The molecular formula is C17H22N4. The lowest BCUT2D eigenvalue weighted by molar-refractivity contribution is 0.646. The van der Waals surface area contributed by atoms with Gasteiger partial charge in [-0.15, -0.1) is 0 Å². The number of hydrogen-bond donors (Lipinski definition) is 1. The predicted octanol–water partition coefficient (Wildman–Crippen LogP) is 2.86. The minimum atomic E-state index is 0.558. The van der Waals surface area contributed by atoms with Crippen molar-refractivity contribution in [3.8, 4) is 6.07 Å². The molecule has 0 aliphatic heterocycles. The Morgan fingerprint density at radius 3 is 2.67 bits per heavy atom. The van der Waals surface area contributed by atoms with Crippen molar-refractivity contribution < 1.29 is 0 Å². The Morgan fingerprint density at radius 2 is 2.10 bits per heavy atom.